The lowest BCUT2D eigenvalue weighted by atomic mass is 9.83. The molecule has 1 saturated carbocycles. The number of anilines is 1. The molecule has 2 N–H and O–H groups in total. The number of nitrogens with zero attached hydrogens (tertiary/aromatic N) is 2. The Morgan fingerprint density at radius 2 is 2.05 bits per heavy atom. The molecule has 2 rings (SSSR count). The molecule has 5 heteroatoms. The second-order valence-electron chi connectivity index (χ2n) is 5.44. The summed E-state index contributed by atoms with van der Waals surface area (Å²) in [5.41, 5.74) is 0.387. The molecule has 0 bridgehead atoms. The Hall–Kier alpha value is -1.65. The van der Waals surface area contributed by atoms with Gasteiger partial charge in [0.1, 0.15) is 5.82 Å². The van der Waals surface area contributed by atoms with Gasteiger partial charge in [-0.25, -0.2) is 0 Å². The van der Waals surface area contributed by atoms with Gasteiger partial charge in [-0.15, -0.1) is 10.2 Å². The summed E-state index contributed by atoms with van der Waals surface area (Å²) in [7, 11) is 1.78. The smallest absolute Gasteiger partial charge is 0.272 e. The van der Waals surface area contributed by atoms with Crippen molar-refractivity contribution >= 4 is 11.7 Å². The van der Waals surface area contributed by atoms with Crippen molar-refractivity contribution in [2.45, 2.75) is 51.5 Å². The molecule has 110 valence electrons. The fourth-order valence-electron chi connectivity index (χ4n) is 2.92. The lowest BCUT2D eigenvalue weighted by Gasteiger charge is -2.30. The number of hydrogen-bond donors (Lipinski definition) is 2. The molecule has 0 radical (unpaired) electrons. The average Bonchev–Trinajstić information content (AvgIpc) is 2.53. The quantitative estimate of drug-likeness (QED) is 0.867. The Balaban J connectivity index is 1.96. The van der Waals surface area contributed by atoms with Gasteiger partial charge in [0.25, 0.3) is 5.91 Å². The Morgan fingerprint density at radius 1 is 1.30 bits per heavy atom. The molecule has 0 aromatic carbocycles. The molecule has 5 nitrogen and oxygen atoms in total. The predicted molar refractivity (Wildman–Crippen MR) is 79.7 cm³/mol. The van der Waals surface area contributed by atoms with E-state index in [9.17, 15) is 4.79 Å². The van der Waals surface area contributed by atoms with Crippen molar-refractivity contribution in [3.8, 4) is 0 Å². The van der Waals surface area contributed by atoms with Gasteiger partial charge in [0.05, 0.1) is 0 Å². The fraction of sp³-hybridized carbons (Fsp3) is 0.667. The van der Waals surface area contributed by atoms with Crippen LogP contribution in [-0.4, -0.2) is 29.2 Å². The number of carbonyl (C=O) groups is 1. The first kappa shape index (κ1) is 14.8. The minimum absolute atomic E-state index is 0.113. The van der Waals surface area contributed by atoms with Gasteiger partial charge in [-0.2, -0.15) is 0 Å². The van der Waals surface area contributed by atoms with Crippen molar-refractivity contribution in [1.29, 1.82) is 0 Å². The molecule has 0 saturated heterocycles. The van der Waals surface area contributed by atoms with Crippen LogP contribution in [0.4, 0.5) is 5.82 Å². The van der Waals surface area contributed by atoms with E-state index in [1.165, 1.54) is 32.1 Å². The lowest BCUT2D eigenvalue weighted by molar-refractivity contribution is 0.0905. The van der Waals surface area contributed by atoms with Gasteiger partial charge in [0.2, 0.25) is 0 Å². The van der Waals surface area contributed by atoms with Crippen LogP contribution in [-0.2, 0) is 0 Å². The predicted octanol–water partition coefficient (Wildman–Crippen LogP) is 2.61. The largest absolute Gasteiger partial charge is 0.372 e. The number of nitrogens with one attached hydrogen (secondary N) is 2. The highest BCUT2D eigenvalue weighted by Gasteiger charge is 2.24. The number of carbonyl (C=O) groups excluding carboxylic acids is 1. The molecule has 0 aliphatic heterocycles. The van der Waals surface area contributed by atoms with E-state index in [0.29, 0.717) is 17.4 Å². The SMILES string of the molecule is CCC(NC(=O)c1ccc(NC)nn1)C1CCCCC1. The van der Waals surface area contributed by atoms with E-state index in [1.807, 2.05) is 0 Å². The highest BCUT2D eigenvalue weighted by molar-refractivity contribution is 5.92. The van der Waals surface area contributed by atoms with Gasteiger partial charge in [-0.05, 0) is 37.3 Å². The molecule has 1 aliphatic rings. The molecule has 1 atom stereocenters. The van der Waals surface area contributed by atoms with Crippen molar-refractivity contribution in [1.82, 2.24) is 15.5 Å². The highest BCUT2D eigenvalue weighted by Crippen LogP contribution is 2.27. The van der Waals surface area contributed by atoms with Gasteiger partial charge in [-0.1, -0.05) is 26.2 Å². The summed E-state index contributed by atoms with van der Waals surface area (Å²) < 4.78 is 0. The van der Waals surface area contributed by atoms with E-state index in [-0.39, 0.29) is 11.9 Å². The summed E-state index contributed by atoms with van der Waals surface area (Å²) in [6.07, 6.45) is 7.32. The molecule has 1 unspecified atom stereocenters. The second kappa shape index (κ2) is 7.22. The third-order valence-corrected chi connectivity index (χ3v) is 4.13. The van der Waals surface area contributed by atoms with Crippen LogP contribution in [0.25, 0.3) is 0 Å². The first-order chi connectivity index (χ1) is 9.74. The first-order valence-electron chi connectivity index (χ1n) is 7.57. The molecule has 1 fully saturated rings. The van der Waals surface area contributed by atoms with Gasteiger partial charge in [0.15, 0.2) is 5.69 Å². The summed E-state index contributed by atoms with van der Waals surface area (Å²) in [4.78, 5) is 12.2. The zero-order valence-corrected chi connectivity index (χ0v) is 12.4. The van der Waals surface area contributed by atoms with E-state index >= 15 is 0 Å². The van der Waals surface area contributed by atoms with E-state index in [1.54, 1.807) is 19.2 Å². The van der Waals surface area contributed by atoms with Crippen LogP contribution in [0.2, 0.25) is 0 Å². The van der Waals surface area contributed by atoms with Crippen molar-refractivity contribution < 1.29 is 4.79 Å². The number of aromatic nitrogens is 2. The molecule has 20 heavy (non-hydrogen) atoms. The Labute approximate surface area is 120 Å². The van der Waals surface area contributed by atoms with E-state index in [2.05, 4.69) is 27.8 Å². The summed E-state index contributed by atoms with van der Waals surface area (Å²) >= 11 is 0. The third kappa shape index (κ3) is 3.68. The van der Waals surface area contributed by atoms with Crippen molar-refractivity contribution in [2.24, 2.45) is 5.92 Å². The monoisotopic (exact) mass is 276 g/mol. The normalized spacial score (nSPS) is 17.5. The molecule has 1 aromatic heterocycles. The van der Waals surface area contributed by atoms with Gasteiger partial charge >= 0.3 is 0 Å². The molecular weight excluding hydrogens is 252 g/mol. The van der Waals surface area contributed by atoms with Gasteiger partial charge in [0, 0.05) is 13.1 Å². The van der Waals surface area contributed by atoms with Crippen LogP contribution in [0.15, 0.2) is 12.1 Å². The van der Waals surface area contributed by atoms with Crippen LogP contribution in [0.3, 0.4) is 0 Å². The maximum Gasteiger partial charge on any atom is 0.272 e. The van der Waals surface area contributed by atoms with Crippen LogP contribution < -0.4 is 10.6 Å². The second-order valence-corrected chi connectivity index (χ2v) is 5.44. The molecule has 0 spiro atoms. The third-order valence-electron chi connectivity index (χ3n) is 4.13. The topological polar surface area (TPSA) is 66.9 Å². The maximum atomic E-state index is 12.2. The summed E-state index contributed by atoms with van der Waals surface area (Å²) in [6, 6.07) is 3.74. The standard InChI is InChI=1S/C15H24N4O/c1-3-12(11-7-5-4-6-8-11)17-15(20)13-9-10-14(16-2)19-18-13/h9-12H,3-8H2,1-2H3,(H,16,19)(H,17,20). The van der Waals surface area contributed by atoms with Crippen molar-refractivity contribution in [2.75, 3.05) is 12.4 Å². The fourth-order valence-corrected chi connectivity index (χ4v) is 2.92. The Kier molecular flexibility index (Phi) is 5.32. The molecule has 1 heterocycles. The zero-order valence-electron chi connectivity index (χ0n) is 12.4. The zero-order chi connectivity index (χ0) is 14.4. The molecule has 1 aliphatic carbocycles. The summed E-state index contributed by atoms with van der Waals surface area (Å²) in [6.45, 7) is 2.13. The van der Waals surface area contributed by atoms with E-state index in [0.717, 1.165) is 6.42 Å². The lowest BCUT2D eigenvalue weighted by Crippen LogP contribution is -2.41. The highest BCUT2D eigenvalue weighted by atomic mass is 16.2. The van der Waals surface area contributed by atoms with Crippen LogP contribution in [0, 0.1) is 5.92 Å². The van der Waals surface area contributed by atoms with Crippen LogP contribution >= 0.6 is 0 Å². The minimum Gasteiger partial charge on any atom is -0.372 e. The summed E-state index contributed by atoms with van der Waals surface area (Å²) in [5, 5.41) is 13.9. The number of hydrogen-bond acceptors (Lipinski definition) is 4. The van der Waals surface area contributed by atoms with Crippen molar-refractivity contribution in [3.63, 3.8) is 0 Å². The Morgan fingerprint density at radius 3 is 2.60 bits per heavy atom. The van der Waals surface area contributed by atoms with E-state index < -0.39 is 0 Å². The number of amides is 1. The van der Waals surface area contributed by atoms with E-state index in [4.69, 9.17) is 0 Å². The Bertz CT molecular complexity index is 426. The van der Waals surface area contributed by atoms with Gasteiger partial charge < -0.3 is 10.6 Å². The van der Waals surface area contributed by atoms with Crippen LogP contribution in [0.5, 0.6) is 0 Å². The van der Waals surface area contributed by atoms with Gasteiger partial charge in [-0.3, -0.25) is 4.79 Å². The maximum absolute atomic E-state index is 12.2. The summed E-state index contributed by atoms with van der Waals surface area (Å²) in [5.74, 6) is 1.17. The first-order valence-corrected chi connectivity index (χ1v) is 7.57. The average molecular weight is 276 g/mol. The van der Waals surface area contributed by atoms with Crippen LogP contribution in [0.1, 0.15) is 55.9 Å². The van der Waals surface area contributed by atoms with Crippen molar-refractivity contribution in [3.05, 3.63) is 17.8 Å². The molecule has 1 amide bonds. The molecule has 1 aromatic rings. The number of rotatable bonds is 5. The molecular formula is C15H24N4O. The minimum atomic E-state index is -0.113.